The molecule has 0 heterocycles. The van der Waals surface area contributed by atoms with Crippen LogP contribution in [0.5, 0.6) is 0 Å². The smallest absolute Gasteiger partial charge is 0.0473 e. The fourth-order valence-corrected chi connectivity index (χ4v) is 1.80. The van der Waals surface area contributed by atoms with Gasteiger partial charge in [-0.2, -0.15) is 0 Å². The van der Waals surface area contributed by atoms with Crippen LogP contribution in [0.3, 0.4) is 0 Å². The van der Waals surface area contributed by atoms with Crippen molar-refractivity contribution < 1.29 is 0 Å². The van der Waals surface area contributed by atoms with Gasteiger partial charge >= 0.3 is 0 Å². The Labute approximate surface area is 94.6 Å². The molecule has 12 heavy (non-hydrogen) atoms. The van der Waals surface area contributed by atoms with E-state index < -0.39 is 0 Å². The van der Waals surface area contributed by atoms with Crippen molar-refractivity contribution in [2.45, 2.75) is 11.8 Å². The van der Waals surface area contributed by atoms with Gasteiger partial charge in [-0.05, 0) is 18.1 Å². The van der Waals surface area contributed by atoms with Crippen molar-refractivity contribution in [3.8, 4) is 0 Å². The minimum absolute atomic E-state index is 0.170. The minimum atomic E-state index is 0.170. The summed E-state index contributed by atoms with van der Waals surface area (Å²) < 4.78 is 1.14. The molecule has 0 saturated carbocycles. The van der Waals surface area contributed by atoms with E-state index in [1.165, 1.54) is 5.56 Å². The summed E-state index contributed by atoms with van der Waals surface area (Å²) in [5.74, 6) is 0. The predicted molar refractivity (Wildman–Crippen MR) is 61.3 cm³/mol. The molecule has 0 saturated heterocycles. The first kappa shape index (κ1) is 10.6. The summed E-state index contributed by atoms with van der Waals surface area (Å²) in [7, 11) is 0. The topological polar surface area (TPSA) is 0 Å². The van der Waals surface area contributed by atoms with E-state index >= 15 is 0 Å². The Morgan fingerprint density at radius 3 is 2.58 bits per heavy atom. The van der Waals surface area contributed by atoms with Gasteiger partial charge in [0.05, 0.1) is 0 Å². The van der Waals surface area contributed by atoms with Gasteiger partial charge in [0.2, 0.25) is 0 Å². The Hall–Kier alpha value is 0.470. The molecule has 1 rings (SSSR count). The molecule has 0 spiro atoms. The number of hydrogen-bond acceptors (Lipinski definition) is 0. The second-order valence-electron chi connectivity index (χ2n) is 2.55. The van der Waals surface area contributed by atoms with Crippen LogP contribution in [0.4, 0.5) is 0 Å². The highest BCUT2D eigenvalue weighted by molar-refractivity contribution is 9.10. The van der Waals surface area contributed by atoms with Gasteiger partial charge in [0.1, 0.15) is 0 Å². The van der Waals surface area contributed by atoms with Crippen LogP contribution in [-0.2, 0) is 6.42 Å². The van der Waals surface area contributed by atoms with Crippen molar-refractivity contribution in [3.63, 3.8) is 0 Å². The minimum Gasteiger partial charge on any atom is -0.122 e. The zero-order chi connectivity index (χ0) is 8.97. The lowest BCUT2D eigenvalue weighted by molar-refractivity contribution is 0.943. The first-order valence-corrected chi connectivity index (χ1v) is 6.02. The van der Waals surface area contributed by atoms with E-state index in [2.05, 4.69) is 37.9 Å². The van der Waals surface area contributed by atoms with Crippen LogP contribution in [0.2, 0.25) is 0 Å². The molecule has 1 atom stereocenters. The van der Waals surface area contributed by atoms with Crippen LogP contribution in [0.25, 0.3) is 0 Å². The van der Waals surface area contributed by atoms with E-state index in [1.807, 2.05) is 18.2 Å². The van der Waals surface area contributed by atoms with E-state index in [0.29, 0.717) is 0 Å². The molecule has 1 aromatic rings. The van der Waals surface area contributed by atoms with Gasteiger partial charge in [-0.15, -0.1) is 11.6 Å². The van der Waals surface area contributed by atoms with Crippen LogP contribution in [0, 0.1) is 0 Å². The largest absolute Gasteiger partial charge is 0.122 e. The van der Waals surface area contributed by atoms with Crippen molar-refractivity contribution in [1.82, 2.24) is 0 Å². The third-order valence-electron chi connectivity index (χ3n) is 1.57. The summed E-state index contributed by atoms with van der Waals surface area (Å²) in [6.07, 6.45) is 0.897. The van der Waals surface area contributed by atoms with Crippen LogP contribution >= 0.6 is 43.5 Å². The third-order valence-corrected chi connectivity index (χ3v) is 3.80. The molecule has 0 N–H and O–H groups in total. The molecule has 66 valence electrons. The number of rotatable bonds is 3. The summed E-state index contributed by atoms with van der Waals surface area (Å²) in [6, 6.07) is 8.15. The molecule has 0 aliphatic rings. The number of halogens is 3. The summed E-state index contributed by atoms with van der Waals surface area (Å²) in [4.78, 5) is 0. The van der Waals surface area contributed by atoms with Gasteiger partial charge in [0.15, 0.2) is 0 Å². The summed E-state index contributed by atoms with van der Waals surface area (Å²) in [6.45, 7) is 0. The molecule has 3 heteroatoms. The highest BCUT2D eigenvalue weighted by Crippen LogP contribution is 2.19. The van der Waals surface area contributed by atoms with Crippen LogP contribution < -0.4 is 0 Å². The molecule has 0 radical (unpaired) electrons. The monoisotopic (exact) mass is 310 g/mol. The maximum atomic E-state index is 6.00. The Balaban J connectivity index is 2.69. The fourth-order valence-electron chi connectivity index (χ4n) is 0.957. The first-order valence-electron chi connectivity index (χ1n) is 3.67. The number of hydrogen-bond donors (Lipinski definition) is 0. The van der Waals surface area contributed by atoms with Crippen molar-refractivity contribution in [2.24, 2.45) is 0 Å². The SMILES string of the molecule is ClC(CBr)Cc1ccccc1Br. The highest BCUT2D eigenvalue weighted by Gasteiger charge is 2.05. The number of benzene rings is 1. The maximum Gasteiger partial charge on any atom is 0.0473 e. The second kappa shape index (κ2) is 5.25. The van der Waals surface area contributed by atoms with E-state index in [9.17, 15) is 0 Å². The number of alkyl halides is 2. The average Bonchev–Trinajstić information content (AvgIpc) is 2.09. The Morgan fingerprint density at radius 1 is 1.33 bits per heavy atom. The zero-order valence-corrected chi connectivity index (χ0v) is 10.4. The van der Waals surface area contributed by atoms with Crippen molar-refractivity contribution in [3.05, 3.63) is 34.3 Å². The van der Waals surface area contributed by atoms with Gasteiger partial charge in [-0.1, -0.05) is 50.1 Å². The van der Waals surface area contributed by atoms with Gasteiger partial charge in [0.25, 0.3) is 0 Å². The summed E-state index contributed by atoms with van der Waals surface area (Å²) >= 11 is 12.8. The quantitative estimate of drug-likeness (QED) is 0.740. The molecule has 0 nitrogen and oxygen atoms in total. The summed E-state index contributed by atoms with van der Waals surface area (Å²) in [5, 5.41) is 0.999. The Kier molecular flexibility index (Phi) is 4.62. The molecular weight excluding hydrogens is 303 g/mol. The van der Waals surface area contributed by atoms with E-state index in [-0.39, 0.29) is 5.38 Å². The fraction of sp³-hybridized carbons (Fsp3) is 0.333. The summed E-state index contributed by atoms with van der Waals surface area (Å²) in [5.41, 5.74) is 1.26. The van der Waals surface area contributed by atoms with Crippen LogP contribution in [0.15, 0.2) is 28.7 Å². The maximum absolute atomic E-state index is 6.00. The second-order valence-corrected chi connectivity index (χ2v) is 4.67. The standard InChI is InChI=1S/C9H9Br2Cl/c10-6-8(12)5-7-3-1-2-4-9(7)11/h1-4,8H,5-6H2. The third kappa shape index (κ3) is 3.08. The van der Waals surface area contributed by atoms with Crippen molar-refractivity contribution in [1.29, 1.82) is 0 Å². The molecule has 1 unspecified atom stereocenters. The average molecular weight is 312 g/mol. The molecule has 0 fully saturated rings. The van der Waals surface area contributed by atoms with Gasteiger partial charge in [-0.25, -0.2) is 0 Å². The lowest BCUT2D eigenvalue weighted by atomic mass is 10.1. The normalized spacial score (nSPS) is 12.9. The van der Waals surface area contributed by atoms with E-state index in [1.54, 1.807) is 0 Å². The lowest BCUT2D eigenvalue weighted by Crippen LogP contribution is -2.04. The van der Waals surface area contributed by atoms with E-state index in [4.69, 9.17) is 11.6 Å². The first-order chi connectivity index (χ1) is 5.74. The van der Waals surface area contributed by atoms with E-state index in [0.717, 1.165) is 16.2 Å². The molecule has 1 aromatic carbocycles. The van der Waals surface area contributed by atoms with Crippen molar-refractivity contribution >= 4 is 43.5 Å². The molecule has 0 aromatic heterocycles. The van der Waals surface area contributed by atoms with Gasteiger partial charge in [0, 0.05) is 15.2 Å². The van der Waals surface area contributed by atoms with Crippen LogP contribution in [-0.4, -0.2) is 10.7 Å². The highest BCUT2D eigenvalue weighted by atomic mass is 79.9. The zero-order valence-electron chi connectivity index (χ0n) is 6.43. The molecule has 0 amide bonds. The molecule has 0 aliphatic carbocycles. The van der Waals surface area contributed by atoms with Gasteiger partial charge in [-0.3, -0.25) is 0 Å². The Bertz CT molecular complexity index is 250. The van der Waals surface area contributed by atoms with Crippen molar-refractivity contribution in [2.75, 3.05) is 5.33 Å². The lowest BCUT2D eigenvalue weighted by Gasteiger charge is -2.06. The molecule has 0 aliphatic heterocycles. The van der Waals surface area contributed by atoms with Crippen LogP contribution in [0.1, 0.15) is 5.56 Å². The van der Waals surface area contributed by atoms with Gasteiger partial charge < -0.3 is 0 Å². The molecular formula is C9H9Br2Cl. The Morgan fingerprint density at radius 2 is 2.00 bits per heavy atom. The molecule has 0 bridgehead atoms. The predicted octanol–water partition coefficient (Wildman–Crippen LogP) is 3.99.